The van der Waals surface area contributed by atoms with Gasteiger partial charge >= 0.3 is 0 Å². The van der Waals surface area contributed by atoms with Gasteiger partial charge in [0, 0.05) is 19.6 Å². The van der Waals surface area contributed by atoms with Gasteiger partial charge < -0.3 is 5.32 Å². The first kappa shape index (κ1) is 13.0. The zero-order valence-electron chi connectivity index (χ0n) is 9.58. The zero-order chi connectivity index (χ0) is 10.8. The molecule has 0 bridgehead atoms. The quantitative estimate of drug-likeness (QED) is 0.877. The van der Waals surface area contributed by atoms with E-state index in [4.69, 9.17) is 0 Å². The van der Waals surface area contributed by atoms with Gasteiger partial charge in [-0.05, 0) is 32.8 Å². The number of aromatic nitrogens is 2. The minimum atomic E-state index is -0.107. The molecule has 1 aromatic heterocycles. The molecule has 4 nitrogen and oxygen atoms in total. The Bertz CT molecular complexity index is 396. The van der Waals surface area contributed by atoms with Crippen molar-refractivity contribution in [2.45, 2.75) is 32.6 Å². The number of amides is 1. The average molecular weight is 241 g/mol. The van der Waals surface area contributed by atoms with Gasteiger partial charge in [0.15, 0.2) is 0 Å². The predicted molar refractivity (Wildman–Crippen MR) is 69.2 cm³/mol. The molecule has 1 N–H and O–H groups in total. The van der Waals surface area contributed by atoms with Gasteiger partial charge in [0.25, 0.3) is 5.91 Å². The van der Waals surface area contributed by atoms with Gasteiger partial charge in [-0.25, -0.2) is 9.97 Å². The lowest BCUT2D eigenvalue weighted by Gasteiger charge is -2.04. The molecule has 1 fully saturated rings. The summed E-state index contributed by atoms with van der Waals surface area (Å²) in [5.41, 5.74) is 1.36. The number of hydrogen-bond acceptors (Lipinski definition) is 3. The lowest BCUT2D eigenvalue weighted by molar-refractivity contribution is 0.0950. The van der Waals surface area contributed by atoms with E-state index in [0.29, 0.717) is 18.2 Å². The molecule has 0 unspecified atom stereocenters. The van der Waals surface area contributed by atoms with Gasteiger partial charge in [0.05, 0.1) is 0 Å². The van der Waals surface area contributed by atoms with E-state index in [1.165, 1.54) is 0 Å². The first-order valence-electron chi connectivity index (χ1n) is 5.34. The van der Waals surface area contributed by atoms with Crippen molar-refractivity contribution >= 4 is 19.4 Å². The topological polar surface area (TPSA) is 54.9 Å². The molecule has 90 valence electrons. The molecule has 1 heterocycles. The van der Waals surface area contributed by atoms with Crippen molar-refractivity contribution in [3.63, 3.8) is 0 Å². The van der Waals surface area contributed by atoms with Crippen LogP contribution >= 0.6 is 13.5 Å². The summed E-state index contributed by atoms with van der Waals surface area (Å²) < 4.78 is 0. The van der Waals surface area contributed by atoms with Crippen molar-refractivity contribution in [3.05, 3.63) is 23.3 Å². The number of rotatable bonds is 3. The number of carbonyl (C=O) groups is 1. The Morgan fingerprint density at radius 3 is 2.81 bits per heavy atom. The molecule has 0 atom stereocenters. The summed E-state index contributed by atoms with van der Waals surface area (Å²) >= 11 is 0. The van der Waals surface area contributed by atoms with E-state index in [0.717, 1.165) is 24.4 Å². The molecular formula is C11H19N3OS. The summed E-state index contributed by atoms with van der Waals surface area (Å²) in [5, 5.41) is 2.75. The van der Waals surface area contributed by atoms with E-state index in [-0.39, 0.29) is 20.8 Å². The van der Waals surface area contributed by atoms with E-state index in [1.54, 1.807) is 6.07 Å². The highest BCUT2D eigenvalue weighted by Crippen LogP contribution is 2.37. The Morgan fingerprint density at radius 1 is 1.56 bits per heavy atom. The maximum atomic E-state index is 11.6. The normalized spacial score (nSPS) is 14.1. The lowest BCUT2D eigenvalue weighted by Crippen LogP contribution is -2.24. The zero-order valence-corrected chi connectivity index (χ0v) is 10.6. The maximum Gasteiger partial charge on any atom is 0.270 e. The second-order valence-electron chi connectivity index (χ2n) is 3.89. The fraction of sp³-hybridized carbons (Fsp3) is 0.545. The predicted octanol–water partition coefficient (Wildman–Crippen LogP) is 1.77. The minimum Gasteiger partial charge on any atom is -0.351 e. The number of carbonyl (C=O) groups excluding carboxylic acids is 1. The fourth-order valence-corrected chi connectivity index (χ4v) is 1.48. The van der Waals surface area contributed by atoms with Crippen LogP contribution in [0.15, 0.2) is 6.07 Å². The molecule has 0 aromatic carbocycles. The van der Waals surface area contributed by atoms with E-state index in [1.807, 2.05) is 13.8 Å². The number of nitrogens with zero attached hydrogens (tertiary/aromatic N) is 2. The molecule has 16 heavy (non-hydrogen) atoms. The fourth-order valence-electron chi connectivity index (χ4n) is 1.48. The molecule has 5 heteroatoms. The molecule has 1 aromatic rings. The smallest absolute Gasteiger partial charge is 0.270 e. The van der Waals surface area contributed by atoms with Crippen LogP contribution in [0.5, 0.6) is 0 Å². The van der Waals surface area contributed by atoms with Gasteiger partial charge in [-0.1, -0.05) is 0 Å². The largest absolute Gasteiger partial charge is 0.351 e. The van der Waals surface area contributed by atoms with Crippen molar-refractivity contribution in [2.24, 2.45) is 0 Å². The molecule has 0 spiro atoms. The molecule has 0 saturated heterocycles. The third-order valence-corrected chi connectivity index (χ3v) is 2.38. The summed E-state index contributed by atoms with van der Waals surface area (Å²) in [6.07, 6.45) is 2.30. The van der Waals surface area contributed by atoms with Crippen LogP contribution in [0.2, 0.25) is 0 Å². The number of aryl methyl sites for hydroxylation is 1. The van der Waals surface area contributed by atoms with Gasteiger partial charge in [-0.3, -0.25) is 4.79 Å². The van der Waals surface area contributed by atoms with E-state index >= 15 is 0 Å². The summed E-state index contributed by atoms with van der Waals surface area (Å²) in [6, 6.07) is 1.73. The molecule has 2 rings (SSSR count). The van der Waals surface area contributed by atoms with Crippen LogP contribution in [-0.4, -0.2) is 22.4 Å². The average Bonchev–Trinajstić information content (AvgIpc) is 3.00. The standard InChI is InChI=1S/C11H15N3O.H2S.H2/c1-3-12-11(15)9-6-7(2)13-10(14-9)8-4-5-8;;/h6,8H,3-5H2,1-2H3,(H,12,15);1H2;1H. The summed E-state index contributed by atoms with van der Waals surface area (Å²) in [6.45, 7) is 4.42. The van der Waals surface area contributed by atoms with Crippen molar-refractivity contribution in [1.82, 2.24) is 15.3 Å². The van der Waals surface area contributed by atoms with Crippen molar-refractivity contribution in [3.8, 4) is 0 Å². The molecule has 1 aliphatic carbocycles. The van der Waals surface area contributed by atoms with E-state index in [9.17, 15) is 4.79 Å². The van der Waals surface area contributed by atoms with Crippen LogP contribution in [0.4, 0.5) is 0 Å². The molecule has 0 radical (unpaired) electrons. The van der Waals surface area contributed by atoms with Crippen LogP contribution in [-0.2, 0) is 0 Å². The van der Waals surface area contributed by atoms with Gasteiger partial charge in [-0.2, -0.15) is 13.5 Å². The highest BCUT2D eigenvalue weighted by Gasteiger charge is 2.27. The summed E-state index contributed by atoms with van der Waals surface area (Å²) in [7, 11) is 0. The maximum absolute atomic E-state index is 11.6. The Hall–Kier alpha value is -1.10. The second-order valence-corrected chi connectivity index (χ2v) is 3.89. The minimum absolute atomic E-state index is 0. The first-order chi connectivity index (χ1) is 7.20. The van der Waals surface area contributed by atoms with Crippen LogP contribution in [0.25, 0.3) is 0 Å². The highest BCUT2D eigenvalue weighted by molar-refractivity contribution is 7.59. The Kier molecular flexibility index (Phi) is 4.29. The molecule has 1 aliphatic rings. The Morgan fingerprint density at radius 2 is 2.25 bits per heavy atom. The number of nitrogens with one attached hydrogen (secondary N) is 1. The Labute approximate surface area is 104 Å². The number of hydrogen-bond donors (Lipinski definition) is 1. The third-order valence-electron chi connectivity index (χ3n) is 2.38. The van der Waals surface area contributed by atoms with Crippen LogP contribution in [0, 0.1) is 6.92 Å². The summed E-state index contributed by atoms with van der Waals surface area (Å²) in [5.74, 6) is 1.21. The Balaban J connectivity index is 0.00000128. The second kappa shape index (κ2) is 5.30. The van der Waals surface area contributed by atoms with E-state index in [2.05, 4.69) is 15.3 Å². The van der Waals surface area contributed by atoms with Crippen molar-refractivity contribution in [1.29, 1.82) is 0 Å². The van der Waals surface area contributed by atoms with Crippen molar-refractivity contribution in [2.75, 3.05) is 6.54 Å². The lowest BCUT2D eigenvalue weighted by atomic mass is 10.3. The SMILES string of the molecule is CCNC(=O)c1cc(C)nc(C2CC2)n1.S.[HH]. The molecular weight excluding hydrogens is 222 g/mol. The van der Waals surface area contributed by atoms with E-state index < -0.39 is 0 Å². The molecule has 1 saturated carbocycles. The third kappa shape index (κ3) is 2.95. The first-order valence-corrected chi connectivity index (χ1v) is 5.34. The van der Waals surface area contributed by atoms with Gasteiger partial charge in [-0.15, -0.1) is 0 Å². The highest BCUT2D eigenvalue weighted by atomic mass is 32.1. The van der Waals surface area contributed by atoms with Gasteiger partial charge in [0.2, 0.25) is 0 Å². The summed E-state index contributed by atoms with van der Waals surface area (Å²) in [4.78, 5) is 20.2. The van der Waals surface area contributed by atoms with Crippen LogP contribution in [0.1, 0.15) is 49.1 Å². The molecule has 0 aliphatic heterocycles. The van der Waals surface area contributed by atoms with Crippen LogP contribution in [0.3, 0.4) is 0 Å². The monoisotopic (exact) mass is 241 g/mol. The molecule has 1 amide bonds. The van der Waals surface area contributed by atoms with Crippen molar-refractivity contribution < 1.29 is 6.22 Å². The van der Waals surface area contributed by atoms with Gasteiger partial charge in [0.1, 0.15) is 11.5 Å². The van der Waals surface area contributed by atoms with Crippen LogP contribution < -0.4 is 5.32 Å².